The van der Waals surface area contributed by atoms with Gasteiger partial charge in [0.05, 0.1) is 7.11 Å². The van der Waals surface area contributed by atoms with Crippen LogP contribution in [0.3, 0.4) is 0 Å². The van der Waals surface area contributed by atoms with Gasteiger partial charge in [-0.3, -0.25) is 4.79 Å². The molecule has 23 heavy (non-hydrogen) atoms. The third-order valence-electron chi connectivity index (χ3n) is 3.72. The van der Waals surface area contributed by atoms with E-state index in [4.69, 9.17) is 15.2 Å². The smallest absolute Gasteiger partial charge is 0.248 e. The quantitative estimate of drug-likeness (QED) is 0.773. The van der Waals surface area contributed by atoms with E-state index in [1.165, 1.54) is 9.58 Å². The average molecular weight is 327 g/mol. The normalized spacial score (nSPS) is 10.7. The van der Waals surface area contributed by atoms with E-state index < -0.39 is 5.91 Å². The molecule has 3 aromatic rings. The first kappa shape index (κ1) is 15.4. The topological polar surface area (TPSA) is 61.6 Å². The van der Waals surface area contributed by atoms with Crippen molar-refractivity contribution in [1.29, 1.82) is 0 Å². The maximum Gasteiger partial charge on any atom is 0.248 e. The van der Waals surface area contributed by atoms with Crippen molar-refractivity contribution >= 4 is 27.3 Å². The molecule has 3 rings (SSSR count). The summed E-state index contributed by atoms with van der Waals surface area (Å²) in [6.45, 7) is 2.53. The van der Waals surface area contributed by atoms with Crippen molar-refractivity contribution in [2.75, 3.05) is 7.11 Å². The van der Waals surface area contributed by atoms with Crippen LogP contribution in [-0.2, 0) is 6.61 Å². The highest BCUT2D eigenvalue weighted by Crippen LogP contribution is 2.37. The zero-order valence-corrected chi connectivity index (χ0v) is 13.8. The summed E-state index contributed by atoms with van der Waals surface area (Å²) >= 11 is 1.73. The van der Waals surface area contributed by atoms with Crippen LogP contribution in [0, 0.1) is 6.92 Å². The number of fused-ring (bicyclic) bond motifs is 1. The van der Waals surface area contributed by atoms with E-state index in [2.05, 4.69) is 13.0 Å². The second kappa shape index (κ2) is 6.30. The second-order valence-electron chi connectivity index (χ2n) is 5.15. The molecule has 1 amide bonds. The van der Waals surface area contributed by atoms with Gasteiger partial charge in [0.2, 0.25) is 5.91 Å². The Kier molecular flexibility index (Phi) is 4.21. The van der Waals surface area contributed by atoms with Crippen LogP contribution in [-0.4, -0.2) is 13.0 Å². The minimum absolute atomic E-state index is 0.444. The molecule has 1 aromatic heterocycles. The Balaban J connectivity index is 1.87. The lowest BCUT2D eigenvalue weighted by Gasteiger charge is -2.09. The van der Waals surface area contributed by atoms with Gasteiger partial charge in [-0.05, 0) is 43.3 Å². The van der Waals surface area contributed by atoms with Crippen LogP contribution >= 0.6 is 11.3 Å². The van der Waals surface area contributed by atoms with E-state index in [0.717, 1.165) is 16.7 Å². The number of amides is 1. The van der Waals surface area contributed by atoms with Crippen LogP contribution in [0.2, 0.25) is 0 Å². The molecule has 0 aliphatic heterocycles. The number of nitrogens with two attached hydrogens (primary N) is 1. The van der Waals surface area contributed by atoms with Crippen LogP contribution in [0.5, 0.6) is 11.5 Å². The van der Waals surface area contributed by atoms with E-state index in [0.29, 0.717) is 17.9 Å². The molecule has 0 aliphatic carbocycles. The maximum absolute atomic E-state index is 11.1. The Hall–Kier alpha value is -2.53. The van der Waals surface area contributed by atoms with Gasteiger partial charge in [-0.2, -0.15) is 0 Å². The number of hydrogen-bond donors (Lipinski definition) is 1. The molecule has 0 unspecified atom stereocenters. The molecular formula is C18H17NO3S. The number of ether oxygens (including phenoxy) is 2. The van der Waals surface area contributed by atoms with Crippen LogP contribution in [0.15, 0.2) is 42.5 Å². The minimum Gasteiger partial charge on any atom is -0.496 e. The minimum atomic E-state index is -0.444. The van der Waals surface area contributed by atoms with E-state index in [1.54, 1.807) is 42.7 Å². The molecule has 2 aromatic carbocycles. The maximum atomic E-state index is 11.1. The average Bonchev–Trinajstić information content (AvgIpc) is 2.88. The van der Waals surface area contributed by atoms with Gasteiger partial charge in [0.1, 0.15) is 18.1 Å². The van der Waals surface area contributed by atoms with E-state index >= 15 is 0 Å². The number of carbonyl (C=O) groups excluding carboxylic acids is 1. The van der Waals surface area contributed by atoms with Gasteiger partial charge in [-0.15, -0.1) is 11.3 Å². The zero-order chi connectivity index (χ0) is 16.4. The number of carbonyl (C=O) groups is 1. The van der Waals surface area contributed by atoms with Crippen LogP contribution in [0.4, 0.5) is 0 Å². The molecule has 0 saturated heterocycles. The fourth-order valence-corrected chi connectivity index (χ4v) is 3.60. The molecule has 5 heteroatoms. The van der Waals surface area contributed by atoms with Crippen molar-refractivity contribution in [2.24, 2.45) is 5.73 Å². The standard InChI is InChI=1S/C18H17NO3S/c1-11-14(17-15(21-2)4-3-5-16(17)23-11)10-22-13-8-6-12(7-9-13)18(19)20/h3-9H,10H2,1-2H3,(H2,19,20). The van der Waals surface area contributed by atoms with Gasteiger partial charge in [-0.1, -0.05) is 6.07 Å². The molecule has 0 bridgehead atoms. The van der Waals surface area contributed by atoms with Crippen molar-refractivity contribution in [3.63, 3.8) is 0 Å². The summed E-state index contributed by atoms with van der Waals surface area (Å²) < 4.78 is 12.5. The highest BCUT2D eigenvalue weighted by atomic mass is 32.1. The lowest BCUT2D eigenvalue weighted by Crippen LogP contribution is -2.10. The predicted octanol–water partition coefficient (Wildman–Crippen LogP) is 3.90. The van der Waals surface area contributed by atoms with Gasteiger partial charge in [0, 0.05) is 26.1 Å². The summed E-state index contributed by atoms with van der Waals surface area (Å²) in [6, 6.07) is 12.9. The van der Waals surface area contributed by atoms with Crippen molar-refractivity contribution < 1.29 is 14.3 Å². The molecule has 0 radical (unpaired) electrons. The summed E-state index contributed by atoms with van der Waals surface area (Å²) in [5, 5.41) is 1.10. The number of hydrogen-bond acceptors (Lipinski definition) is 4. The Morgan fingerprint density at radius 1 is 1.17 bits per heavy atom. The Labute approximate surface area is 138 Å². The predicted molar refractivity (Wildman–Crippen MR) is 92.4 cm³/mol. The van der Waals surface area contributed by atoms with Gasteiger partial charge in [0.25, 0.3) is 0 Å². The second-order valence-corrected chi connectivity index (χ2v) is 6.40. The molecule has 0 spiro atoms. The number of benzene rings is 2. The van der Waals surface area contributed by atoms with Crippen molar-refractivity contribution in [1.82, 2.24) is 0 Å². The van der Waals surface area contributed by atoms with Crippen LogP contribution in [0.25, 0.3) is 10.1 Å². The monoisotopic (exact) mass is 327 g/mol. The van der Waals surface area contributed by atoms with Gasteiger partial charge in [-0.25, -0.2) is 0 Å². The first-order valence-electron chi connectivity index (χ1n) is 7.18. The Bertz CT molecular complexity index is 853. The third kappa shape index (κ3) is 3.00. The number of methoxy groups -OCH3 is 1. The molecule has 118 valence electrons. The number of rotatable bonds is 5. The van der Waals surface area contributed by atoms with Crippen LogP contribution < -0.4 is 15.2 Å². The highest BCUT2D eigenvalue weighted by molar-refractivity contribution is 7.19. The van der Waals surface area contributed by atoms with Crippen LogP contribution in [0.1, 0.15) is 20.8 Å². The highest BCUT2D eigenvalue weighted by Gasteiger charge is 2.14. The number of aryl methyl sites for hydroxylation is 1. The molecule has 0 saturated carbocycles. The Morgan fingerprint density at radius 2 is 1.91 bits per heavy atom. The summed E-state index contributed by atoms with van der Waals surface area (Å²) in [5.41, 5.74) is 6.83. The molecular weight excluding hydrogens is 310 g/mol. The fraction of sp³-hybridized carbons (Fsp3) is 0.167. The lowest BCUT2D eigenvalue weighted by molar-refractivity contribution is 0.100. The van der Waals surface area contributed by atoms with Crippen molar-refractivity contribution in [3.05, 3.63) is 58.5 Å². The van der Waals surface area contributed by atoms with E-state index in [9.17, 15) is 4.79 Å². The molecule has 0 fully saturated rings. The van der Waals surface area contributed by atoms with E-state index in [-0.39, 0.29) is 0 Å². The summed E-state index contributed by atoms with van der Waals surface area (Å²) in [5.74, 6) is 1.11. The van der Waals surface area contributed by atoms with Gasteiger partial charge in [0.15, 0.2) is 0 Å². The Morgan fingerprint density at radius 3 is 2.57 bits per heavy atom. The molecule has 1 heterocycles. The lowest BCUT2D eigenvalue weighted by atomic mass is 10.1. The fourth-order valence-electron chi connectivity index (χ4n) is 2.51. The first-order chi connectivity index (χ1) is 11.1. The molecule has 4 nitrogen and oxygen atoms in total. The summed E-state index contributed by atoms with van der Waals surface area (Å²) in [6.07, 6.45) is 0. The molecule has 0 aliphatic rings. The number of thiophene rings is 1. The number of primary amides is 1. The third-order valence-corrected chi connectivity index (χ3v) is 4.83. The molecule has 0 atom stereocenters. The van der Waals surface area contributed by atoms with E-state index in [1.807, 2.05) is 12.1 Å². The van der Waals surface area contributed by atoms with Gasteiger partial charge >= 0.3 is 0 Å². The van der Waals surface area contributed by atoms with Gasteiger partial charge < -0.3 is 15.2 Å². The SMILES string of the molecule is COc1cccc2sc(C)c(COc3ccc(C(N)=O)cc3)c12. The summed E-state index contributed by atoms with van der Waals surface area (Å²) in [7, 11) is 1.68. The zero-order valence-electron chi connectivity index (χ0n) is 13.0. The van der Waals surface area contributed by atoms with Crippen molar-refractivity contribution in [2.45, 2.75) is 13.5 Å². The molecule has 2 N–H and O–H groups in total. The first-order valence-corrected chi connectivity index (χ1v) is 7.99. The largest absolute Gasteiger partial charge is 0.496 e. The summed E-state index contributed by atoms with van der Waals surface area (Å²) in [4.78, 5) is 12.3. The van der Waals surface area contributed by atoms with Crippen molar-refractivity contribution in [3.8, 4) is 11.5 Å².